The van der Waals surface area contributed by atoms with Gasteiger partial charge in [0.1, 0.15) is 0 Å². The van der Waals surface area contributed by atoms with E-state index in [-0.39, 0.29) is 5.91 Å². The van der Waals surface area contributed by atoms with Gasteiger partial charge in [-0.3, -0.25) is 9.89 Å². The van der Waals surface area contributed by atoms with Crippen molar-refractivity contribution in [1.29, 1.82) is 0 Å². The van der Waals surface area contributed by atoms with Crippen molar-refractivity contribution in [3.05, 3.63) is 36.2 Å². The molecule has 0 saturated heterocycles. The van der Waals surface area contributed by atoms with Crippen molar-refractivity contribution in [3.63, 3.8) is 0 Å². The molecular weight excluding hydrogens is 232 g/mol. The van der Waals surface area contributed by atoms with Gasteiger partial charge in [0.2, 0.25) is 0 Å². The summed E-state index contributed by atoms with van der Waals surface area (Å²) in [6.07, 6.45) is 3.11. The average molecular weight is 246 g/mol. The maximum atomic E-state index is 12.1. The molecule has 2 aromatic rings. The third-order valence-corrected chi connectivity index (χ3v) is 2.33. The lowest BCUT2D eigenvalue weighted by Gasteiger charge is -2.11. The maximum absolute atomic E-state index is 12.1. The van der Waals surface area contributed by atoms with Crippen molar-refractivity contribution < 1.29 is 9.53 Å². The molecule has 6 nitrogen and oxygen atoms in total. The third-order valence-electron chi connectivity index (χ3n) is 2.33. The van der Waals surface area contributed by atoms with E-state index in [1.54, 1.807) is 24.4 Å². The number of benzene rings is 1. The SMILES string of the molecule is CCOc1c(N)cccc1C(=O)Nc1cn[nH]c1. The molecule has 0 bridgehead atoms. The number of para-hydroxylation sites is 1. The first-order valence-corrected chi connectivity index (χ1v) is 5.53. The lowest BCUT2D eigenvalue weighted by atomic mass is 10.1. The first-order chi connectivity index (χ1) is 8.72. The molecule has 6 heteroatoms. The predicted molar refractivity (Wildman–Crippen MR) is 68.6 cm³/mol. The molecule has 4 N–H and O–H groups in total. The van der Waals surface area contributed by atoms with E-state index in [0.717, 1.165) is 0 Å². The van der Waals surface area contributed by atoms with Gasteiger partial charge in [0.25, 0.3) is 5.91 Å². The van der Waals surface area contributed by atoms with Crippen LogP contribution in [0.25, 0.3) is 0 Å². The minimum absolute atomic E-state index is 0.285. The number of hydrogen-bond donors (Lipinski definition) is 3. The number of H-pyrrole nitrogens is 1. The Morgan fingerprint density at radius 2 is 2.39 bits per heavy atom. The Labute approximate surface area is 104 Å². The van der Waals surface area contributed by atoms with Crippen LogP contribution in [0.2, 0.25) is 0 Å². The number of ether oxygens (including phenoxy) is 1. The Morgan fingerprint density at radius 1 is 1.56 bits per heavy atom. The largest absolute Gasteiger partial charge is 0.491 e. The number of anilines is 2. The van der Waals surface area contributed by atoms with E-state index in [1.807, 2.05) is 6.92 Å². The quantitative estimate of drug-likeness (QED) is 0.715. The summed E-state index contributed by atoms with van der Waals surface area (Å²) < 4.78 is 5.40. The fourth-order valence-corrected chi connectivity index (χ4v) is 1.56. The number of nitrogen functional groups attached to an aromatic ring is 1. The van der Waals surface area contributed by atoms with E-state index in [4.69, 9.17) is 10.5 Å². The fourth-order valence-electron chi connectivity index (χ4n) is 1.56. The molecule has 1 heterocycles. The van der Waals surface area contributed by atoms with Gasteiger partial charge in [0, 0.05) is 6.20 Å². The lowest BCUT2D eigenvalue weighted by Crippen LogP contribution is -2.14. The highest BCUT2D eigenvalue weighted by Gasteiger charge is 2.15. The molecule has 0 fully saturated rings. The Kier molecular flexibility index (Phi) is 3.47. The van der Waals surface area contributed by atoms with Crippen molar-refractivity contribution >= 4 is 17.3 Å². The molecule has 0 aliphatic rings. The zero-order valence-electron chi connectivity index (χ0n) is 9.93. The maximum Gasteiger partial charge on any atom is 0.259 e. The molecule has 0 unspecified atom stereocenters. The number of carbonyl (C=O) groups is 1. The number of rotatable bonds is 4. The van der Waals surface area contributed by atoms with Gasteiger partial charge in [-0.25, -0.2) is 0 Å². The van der Waals surface area contributed by atoms with E-state index in [2.05, 4.69) is 15.5 Å². The summed E-state index contributed by atoms with van der Waals surface area (Å²) in [5.74, 6) is 0.119. The molecule has 2 rings (SSSR count). The van der Waals surface area contributed by atoms with Crippen molar-refractivity contribution in [1.82, 2.24) is 10.2 Å². The molecule has 0 radical (unpaired) electrons. The Bertz CT molecular complexity index is 537. The van der Waals surface area contributed by atoms with Crippen LogP contribution in [0.5, 0.6) is 5.75 Å². The van der Waals surface area contributed by atoms with E-state index >= 15 is 0 Å². The van der Waals surface area contributed by atoms with Crippen LogP contribution in [0.1, 0.15) is 17.3 Å². The second kappa shape index (κ2) is 5.22. The molecule has 0 aliphatic heterocycles. The second-order valence-corrected chi connectivity index (χ2v) is 3.60. The van der Waals surface area contributed by atoms with E-state index < -0.39 is 0 Å². The van der Waals surface area contributed by atoms with E-state index in [0.29, 0.717) is 29.3 Å². The van der Waals surface area contributed by atoms with Crippen LogP contribution in [0.15, 0.2) is 30.6 Å². The number of nitrogens with zero attached hydrogens (tertiary/aromatic N) is 1. The molecule has 1 aromatic carbocycles. The molecule has 18 heavy (non-hydrogen) atoms. The minimum Gasteiger partial charge on any atom is -0.491 e. The number of aromatic nitrogens is 2. The zero-order chi connectivity index (χ0) is 13.0. The first-order valence-electron chi connectivity index (χ1n) is 5.53. The standard InChI is InChI=1S/C12H14N4O2/c1-2-18-11-9(4-3-5-10(11)13)12(17)16-8-6-14-15-7-8/h3-7H,2,13H2,1H3,(H,14,15)(H,16,17). The first kappa shape index (κ1) is 12.0. The van der Waals surface area contributed by atoms with Crippen molar-refractivity contribution in [2.24, 2.45) is 0 Å². The van der Waals surface area contributed by atoms with Crippen LogP contribution in [-0.2, 0) is 0 Å². The minimum atomic E-state index is -0.285. The molecule has 94 valence electrons. The monoisotopic (exact) mass is 246 g/mol. The van der Waals surface area contributed by atoms with Gasteiger partial charge < -0.3 is 15.8 Å². The summed E-state index contributed by atoms with van der Waals surface area (Å²) >= 11 is 0. The summed E-state index contributed by atoms with van der Waals surface area (Å²) in [5.41, 5.74) is 7.23. The van der Waals surface area contributed by atoms with Crippen molar-refractivity contribution in [3.8, 4) is 5.75 Å². The number of carbonyl (C=O) groups excluding carboxylic acids is 1. The number of nitrogens with one attached hydrogen (secondary N) is 2. The number of amides is 1. The van der Waals surface area contributed by atoms with Crippen LogP contribution >= 0.6 is 0 Å². The van der Waals surface area contributed by atoms with Crippen LogP contribution < -0.4 is 15.8 Å². The summed E-state index contributed by atoms with van der Waals surface area (Å²) in [7, 11) is 0. The Morgan fingerprint density at radius 3 is 3.06 bits per heavy atom. The average Bonchev–Trinajstić information content (AvgIpc) is 2.84. The van der Waals surface area contributed by atoms with Gasteiger partial charge in [-0.05, 0) is 19.1 Å². The normalized spacial score (nSPS) is 10.1. The number of aromatic amines is 1. The highest BCUT2D eigenvalue weighted by atomic mass is 16.5. The molecule has 1 aromatic heterocycles. The summed E-state index contributed by atoms with van der Waals surface area (Å²) in [5, 5.41) is 9.06. The molecule has 0 saturated carbocycles. The molecule has 0 spiro atoms. The smallest absolute Gasteiger partial charge is 0.259 e. The van der Waals surface area contributed by atoms with Gasteiger partial charge in [-0.15, -0.1) is 0 Å². The highest BCUT2D eigenvalue weighted by molar-refractivity contribution is 6.07. The van der Waals surface area contributed by atoms with Crippen molar-refractivity contribution in [2.45, 2.75) is 6.92 Å². The molecule has 0 atom stereocenters. The van der Waals surface area contributed by atoms with E-state index in [9.17, 15) is 4.79 Å². The molecular formula is C12H14N4O2. The van der Waals surface area contributed by atoms with Gasteiger partial charge in [0.15, 0.2) is 5.75 Å². The number of nitrogens with two attached hydrogens (primary N) is 1. The van der Waals surface area contributed by atoms with Gasteiger partial charge in [-0.2, -0.15) is 5.10 Å². The van der Waals surface area contributed by atoms with Crippen LogP contribution in [-0.4, -0.2) is 22.7 Å². The second-order valence-electron chi connectivity index (χ2n) is 3.60. The van der Waals surface area contributed by atoms with Crippen LogP contribution in [0, 0.1) is 0 Å². The zero-order valence-corrected chi connectivity index (χ0v) is 9.93. The lowest BCUT2D eigenvalue weighted by molar-refractivity contribution is 0.102. The molecule has 1 amide bonds. The van der Waals surface area contributed by atoms with Gasteiger partial charge >= 0.3 is 0 Å². The fraction of sp³-hybridized carbons (Fsp3) is 0.167. The summed E-state index contributed by atoms with van der Waals surface area (Å²) in [6.45, 7) is 2.28. The van der Waals surface area contributed by atoms with Crippen molar-refractivity contribution in [2.75, 3.05) is 17.7 Å². The predicted octanol–water partition coefficient (Wildman–Crippen LogP) is 1.64. The van der Waals surface area contributed by atoms with E-state index in [1.165, 1.54) is 6.20 Å². The van der Waals surface area contributed by atoms with Gasteiger partial charge in [-0.1, -0.05) is 6.07 Å². The Hall–Kier alpha value is -2.50. The summed E-state index contributed by atoms with van der Waals surface area (Å²) in [6, 6.07) is 5.07. The summed E-state index contributed by atoms with van der Waals surface area (Å²) in [4.78, 5) is 12.1. The number of hydrogen-bond acceptors (Lipinski definition) is 4. The van der Waals surface area contributed by atoms with Crippen LogP contribution in [0.4, 0.5) is 11.4 Å². The van der Waals surface area contributed by atoms with Crippen LogP contribution in [0.3, 0.4) is 0 Å². The molecule has 0 aliphatic carbocycles. The Balaban J connectivity index is 2.26. The topological polar surface area (TPSA) is 93.0 Å². The third kappa shape index (κ3) is 2.42. The van der Waals surface area contributed by atoms with Gasteiger partial charge in [0.05, 0.1) is 29.7 Å². The highest BCUT2D eigenvalue weighted by Crippen LogP contribution is 2.27.